The molecule has 1 aliphatic heterocycles. The van der Waals surface area contributed by atoms with Gasteiger partial charge in [0.25, 0.3) is 0 Å². The first kappa shape index (κ1) is 27.3. The fourth-order valence-corrected chi connectivity index (χ4v) is 7.61. The Kier molecular flexibility index (Phi) is 7.65. The molecule has 6 rings (SSSR count). The van der Waals surface area contributed by atoms with Gasteiger partial charge in [-0.15, -0.1) is 10.2 Å². The number of H-pyrrole nitrogens is 1. The number of nitrogens with zero attached hydrogens (tertiary/aromatic N) is 4. The number of rotatable bonds is 8. The standard InChI is InChI=1S/C30H30N6O3S2/c1-21-14-15-26(27(18-21)41(38,39)35-16-8-3-9-17-35)32-28(37)20-40-30-34-33-29(36(30)22-10-4-2-5-11-22)24-19-31-25-13-7-6-12-23(24)25/h2,4-7,10-15,18-19,31H,3,8-9,16-17,20H2,1H3,(H,32,37). The predicted octanol–water partition coefficient (Wildman–Crippen LogP) is 5.63. The van der Waals surface area contributed by atoms with Gasteiger partial charge in [-0.25, -0.2) is 8.42 Å². The number of benzene rings is 3. The van der Waals surface area contributed by atoms with Crippen LogP contribution in [0.1, 0.15) is 24.8 Å². The lowest BCUT2D eigenvalue weighted by Crippen LogP contribution is -2.36. The summed E-state index contributed by atoms with van der Waals surface area (Å²) in [5, 5.41) is 13.4. The smallest absolute Gasteiger partial charge is 0.245 e. The third-order valence-corrected chi connectivity index (χ3v) is 10.0. The number of para-hydroxylation sites is 2. The van der Waals surface area contributed by atoms with E-state index in [1.165, 1.54) is 16.1 Å². The number of thioether (sulfide) groups is 1. The second kappa shape index (κ2) is 11.5. The Morgan fingerprint density at radius 3 is 2.54 bits per heavy atom. The molecule has 5 aromatic rings. The summed E-state index contributed by atoms with van der Waals surface area (Å²) in [5.41, 5.74) is 3.87. The van der Waals surface area contributed by atoms with Crippen LogP contribution in [0.25, 0.3) is 28.0 Å². The lowest BCUT2D eigenvalue weighted by atomic mass is 10.1. The minimum Gasteiger partial charge on any atom is -0.360 e. The molecule has 1 saturated heterocycles. The summed E-state index contributed by atoms with van der Waals surface area (Å²) < 4.78 is 30.4. The maximum Gasteiger partial charge on any atom is 0.245 e. The lowest BCUT2D eigenvalue weighted by Gasteiger charge is -2.27. The molecule has 0 aliphatic carbocycles. The van der Waals surface area contributed by atoms with Crippen molar-refractivity contribution in [2.24, 2.45) is 0 Å². The van der Waals surface area contributed by atoms with Gasteiger partial charge in [0.15, 0.2) is 11.0 Å². The van der Waals surface area contributed by atoms with E-state index in [0.717, 1.165) is 47.0 Å². The quantitative estimate of drug-likeness (QED) is 0.228. The SMILES string of the molecule is Cc1ccc(NC(=O)CSc2nnc(-c3c[nH]c4ccccc34)n2-c2ccccc2)c(S(=O)(=O)N2CCCCC2)c1. The van der Waals surface area contributed by atoms with E-state index in [1.54, 1.807) is 18.2 Å². The van der Waals surface area contributed by atoms with Crippen molar-refractivity contribution in [3.63, 3.8) is 0 Å². The fourth-order valence-electron chi connectivity index (χ4n) is 5.11. The average Bonchev–Trinajstić information content (AvgIpc) is 3.62. The maximum atomic E-state index is 13.5. The van der Waals surface area contributed by atoms with Gasteiger partial charge >= 0.3 is 0 Å². The molecular formula is C30H30N6O3S2. The highest BCUT2D eigenvalue weighted by molar-refractivity contribution is 7.99. The van der Waals surface area contributed by atoms with Crippen LogP contribution < -0.4 is 5.32 Å². The molecule has 1 fully saturated rings. The Bertz CT molecular complexity index is 1810. The second-order valence-corrected chi connectivity index (χ2v) is 12.9. The number of carbonyl (C=O) groups is 1. The second-order valence-electron chi connectivity index (χ2n) is 10.0. The normalized spacial score (nSPS) is 14.4. The van der Waals surface area contributed by atoms with Crippen molar-refractivity contribution < 1.29 is 13.2 Å². The summed E-state index contributed by atoms with van der Waals surface area (Å²) in [4.78, 5) is 16.6. The largest absolute Gasteiger partial charge is 0.360 e. The Hall–Kier alpha value is -3.93. The zero-order chi connectivity index (χ0) is 28.4. The molecule has 41 heavy (non-hydrogen) atoms. The van der Waals surface area contributed by atoms with Crippen LogP contribution in [-0.4, -0.2) is 57.2 Å². The van der Waals surface area contributed by atoms with Crippen molar-refractivity contribution in [2.45, 2.75) is 36.2 Å². The first-order chi connectivity index (χ1) is 19.9. The van der Waals surface area contributed by atoms with Crippen LogP contribution in [-0.2, 0) is 14.8 Å². The van der Waals surface area contributed by atoms with Gasteiger partial charge in [0.1, 0.15) is 4.90 Å². The van der Waals surface area contributed by atoms with Crippen LogP contribution in [0, 0.1) is 6.92 Å². The monoisotopic (exact) mass is 586 g/mol. The third kappa shape index (κ3) is 5.52. The molecule has 9 nitrogen and oxygen atoms in total. The zero-order valence-electron chi connectivity index (χ0n) is 22.6. The van der Waals surface area contributed by atoms with Crippen molar-refractivity contribution >= 4 is 44.3 Å². The minimum absolute atomic E-state index is 0.0237. The van der Waals surface area contributed by atoms with Gasteiger partial charge in [-0.3, -0.25) is 9.36 Å². The molecule has 0 radical (unpaired) electrons. The number of carbonyl (C=O) groups excluding carboxylic acids is 1. The van der Waals surface area contributed by atoms with Crippen molar-refractivity contribution in [3.8, 4) is 17.1 Å². The minimum atomic E-state index is -3.73. The number of aryl methyl sites for hydroxylation is 1. The number of hydrogen-bond acceptors (Lipinski definition) is 6. The molecule has 2 aromatic heterocycles. The summed E-state index contributed by atoms with van der Waals surface area (Å²) in [6, 6.07) is 22.8. The van der Waals surface area contributed by atoms with Crippen molar-refractivity contribution in [1.29, 1.82) is 0 Å². The van der Waals surface area contributed by atoms with Gasteiger partial charge in [0.05, 0.1) is 11.4 Å². The van der Waals surface area contributed by atoms with Gasteiger partial charge in [-0.2, -0.15) is 4.31 Å². The highest BCUT2D eigenvalue weighted by Crippen LogP contribution is 2.33. The average molecular weight is 587 g/mol. The van der Waals surface area contributed by atoms with E-state index in [2.05, 4.69) is 20.5 Å². The van der Waals surface area contributed by atoms with Crippen molar-refractivity contribution in [3.05, 3.63) is 84.6 Å². The number of fused-ring (bicyclic) bond motifs is 1. The van der Waals surface area contributed by atoms with Gasteiger partial charge in [0, 0.05) is 41.4 Å². The molecule has 0 spiro atoms. The van der Waals surface area contributed by atoms with E-state index in [0.29, 0.717) is 24.1 Å². The Balaban J connectivity index is 1.26. The van der Waals surface area contributed by atoms with Crippen LogP contribution in [0.4, 0.5) is 5.69 Å². The van der Waals surface area contributed by atoms with Crippen LogP contribution in [0.15, 0.2) is 89.0 Å². The third-order valence-electron chi connectivity index (χ3n) is 7.15. The Morgan fingerprint density at radius 1 is 0.976 bits per heavy atom. The summed E-state index contributed by atoms with van der Waals surface area (Å²) in [7, 11) is -3.73. The summed E-state index contributed by atoms with van der Waals surface area (Å²) in [6.45, 7) is 2.83. The molecule has 11 heteroatoms. The maximum absolute atomic E-state index is 13.5. The summed E-state index contributed by atoms with van der Waals surface area (Å²) in [5.74, 6) is 0.353. The summed E-state index contributed by atoms with van der Waals surface area (Å²) >= 11 is 1.24. The Labute approximate surface area is 243 Å². The van der Waals surface area contributed by atoms with Gasteiger partial charge in [-0.05, 0) is 55.7 Å². The highest BCUT2D eigenvalue weighted by atomic mass is 32.2. The number of piperidine rings is 1. The van der Waals surface area contributed by atoms with E-state index >= 15 is 0 Å². The van der Waals surface area contributed by atoms with E-state index in [4.69, 9.17) is 0 Å². The summed E-state index contributed by atoms with van der Waals surface area (Å²) in [6.07, 6.45) is 4.62. The van der Waals surface area contributed by atoms with Crippen molar-refractivity contribution in [1.82, 2.24) is 24.1 Å². The molecule has 0 bridgehead atoms. The number of nitrogens with one attached hydrogen (secondary N) is 2. The van der Waals surface area contributed by atoms with Crippen LogP contribution >= 0.6 is 11.8 Å². The topological polar surface area (TPSA) is 113 Å². The van der Waals surface area contributed by atoms with Gasteiger partial charge in [-0.1, -0.05) is 60.6 Å². The number of aromatic amines is 1. The van der Waals surface area contributed by atoms with E-state index in [9.17, 15) is 13.2 Å². The van der Waals surface area contributed by atoms with E-state index < -0.39 is 10.0 Å². The van der Waals surface area contributed by atoms with E-state index in [-0.39, 0.29) is 22.2 Å². The molecule has 0 unspecified atom stereocenters. The molecule has 3 heterocycles. The molecule has 2 N–H and O–H groups in total. The molecule has 0 atom stereocenters. The molecule has 1 aliphatic rings. The number of amides is 1. The lowest BCUT2D eigenvalue weighted by molar-refractivity contribution is -0.113. The Morgan fingerprint density at radius 2 is 1.73 bits per heavy atom. The number of aromatic nitrogens is 4. The van der Waals surface area contributed by atoms with Crippen LogP contribution in [0.2, 0.25) is 0 Å². The predicted molar refractivity (Wildman–Crippen MR) is 162 cm³/mol. The first-order valence-electron chi connectivity index (χ1n) is 13.5. The van der Waals surface area contributed by atoms with E-state index in [1.807, 2.05) is 72.3 Å². The molecular weight excluding hydrogens is 557 g/mol. The van der Waals surface area contributed by atoms with Crippen LogP contribution in [0.3, 0.4) is 0 Å². The van der Waals surface area contributed by atoms with Crippen LogP contribution in [0.5, 0.6) is 0 Å². The van der Waals surface area contributed by atoms with Gasteiger partial charge in [0.2, 0.25) is 15.9 Å². The molecule has 1 amide bonds. The number of hydrogen-bond donors (Lipinski definition) is 2. The zero-order valence-corrected chi connectivity index (χ0v) is 24.2. The fraction of sp³-hybridized carbons (Fsp3) is 0.233. The highest BCUT2D eigenvalue weighted by Gasteiger charge is 2.29. The van der Waals surface area contributed by atoms with Crippen molar-refractivity contribution in [2.75, 3.05) is 24.2 Å². The molecule has 210 valence electrons. The molecule has 0 saturated carbocycles. The first-order valence-corrected chi connectivity index (χ1v) is 16.0. The molecule has 3 aromatic carbocycles. The van der Waals surface area contributed by atoms with Gasteiger partial charge < -0.3 is 10.3 Å². The number of sulfonamides is 1. The number of anilines is 1.